The van der Waals surface area contributed by atoms with Crippen LogP contribution in [0, 0.1) is 17.2 Å². The molecular formula is C15H18FNO4. The average Bonchev–Trinajstić information content (AvgIpc) is 2.74. The highest BCUT2D eigenvalue weighted by atomic mass is 19.1. The molecule has 0 saturated carbocycles. The lowest BCUT2D eigenvalue weighted by molar-refractivity contribution is -0.152. The molecule has 2 rings (SSSR count). The first-order valence-corrected chi connectivity index (χ1v) is 6.66. The number of ether oxygens (including phenoxy) is 1. The summed E-state index contributed by atoms with van der Waals surface area (Å²) in [7, 11) is 1.32. The van der Waals surface area contributed by atoms with Gasteiger partial charge in [-0.15, -0.1) is 0 Å². The summed E-state index contributed by atoms with van der Waals surface area (Å²) in [5, 5.41) is 9.69. The van der Waals surface area contributed by atoms with Crippen molar-refractivity contribution in [2.75, 3.05) is 20.2 Å². The number of carbonyl (C=O) groups excluding carboxylic acids is 2. The van der Waals surface area contributed by atoms with Gasteiger partial charge in [-0.3, -0.25) is 9.59 Å². The molecule has 1 saturated heterocycles. The molecule has 21 heavy (non-hydrogen) atoms. The molecule has 1 aromatic rings. The number of phenolic OH excluding ortho intramolecular Hbond substituents is 1. The number of hydrogen-bond donors (Lipinski definition) is 1. The Balaban J connectivity index is 2.24. The van der Waals surface area contributed by atoms with Crippen LogP contribution in [0.15, 0.2) is 18.2 Å². The number of amides is 1. The summed E-state index contributed by atoms with van der Waals surface area (Å²) >= 11 is 0. The van der Waals surface area contributed by atoms with Crippen molar-refractivity contribution >= 4 is 11.9 Å². The van der Waals surface area contributed by atoms with Gasteiger partial charge in [0.05, 0.1) is 18.1 Å². The van der Waals surface area contributed by atoms with Crippen LogP contribution in [0.4, 0.5) is 4.39 Å². The van der Waals surface area contributed by atoms with E-state index in [-0.39, 0.29) is 24.0 Å². The molecule has 0 bridgehead atoms. The molecule has 1 amide bonds. The van der Waals surface area contributed by atoms with Crippen LogP contribution in [0.1, 0.15) is 24.2 Å². The predicted octanol–water partition coefficient (Wildman–Crippen LogP) is 1.80. The normalized spacial score (nSPS) is 25.0. The second kappa shape index (κ2) is 5.35. The molecule has 114 valence electrons. The Morgan fingerprint density at radius 2 is 2.14 bits per heavy atom. The van der Waals surface area contributed by atoms with Crippen LogP contribution in [0.3, 0.4) is 0 Å². The quantitative estimate of drug-likeness (QED) is 0.845. The Morgan fingerprint density at radius 3 is 2.71 bits per heavy atom. The molecule has 0 unspecified atom stereocenters. The molecule has 1 N–H and O–H groups in total. The number of methoxy groups -OCH3 is 1. The maximum Gasteiger partial charge on any atom is 0.313 e. The minimum atomic E-state index is -0.778. The third kappa shape index (κ3) is 2.57. The van der Waals surface area contributed by atoms with E-state index in [0.717, 1.165) is 12.1 Å². The monoisotopic (exact) mass is 295 g/mol. The van der Waals surface area contributed by atoms with Gasteiger partial charge in [-0.05, 0) is 25.0 Å². The Morgan fingerprint density at radius 1 is 1.48 bits per heavy atom. The summed E-state index contributed by atoms with van der Waals surface area (Å²) in [6.07, 6.45) is 0. The lowest BCUT2D eigenvalue weighted by atomic mass is 9.81. The fourth-order valence-electron chi connectivity index (χ4n) is 2.66. The molecule has 1 aromatic carbocycles. The van der Waals surface area contributed by atoms with E-state index >= 15 is 0 Å². The third-order valence-electron chi connectivity index (χ3n) is 4.23. The maximum atomic E-state index is 13.0. The Labute approximate surface area is 122 Å². The number of carbonyl (C=O) groups is 2. The molecule has 6 heteroatoms. The highest BCUT2D eigenvalue weighted by Crippen LogP contribution is 2.37. The molecule has 0 spiro atoms. The zero-order chi connectivity index (χ0) is 15.8. The number of nitrogens with zero attached hydrogens (tertiary/aromatic N) is 1. The zero-order valence-electron chi connectivity index (χ0n) is 12.2. The van der Waals surface area contributed by atoms with Crippen molar-refractivity contribution in [3.63, 3.8) is 0 Å². The summed E-state index contributed by atoms with van der Waals surface area (Å²) in [5.41, 5.74) is -0.752. The third-order valence-corrected chi connectivity index (χ3v) is 4.23. The molecule has 0 aliphatic carbocycles. The number of aromatic hydroxyl groups is 1. The van der Waals surface area contributed by atoms with Gasteiger partial charge < -0.3 is 14.7 Å². The summed E-state index contributed by atoms with van der Waals surface area (Å²) in [6, 6.07) is 3.25. The van der Waals surface area contributed by atoms with Crippen LogP contribution in [-0.4, -0.2) is 42.1 Å². The summed E-state index contributed by atoms with van der Waals surface area (Å²) in [6.45, 7) is 4.20. The van der Waals surface area contributed by atoms with Gasteiger partial charge in [-0.25, -0.2) is 4.39 Å². The van der Waals surface area contributed by atoms with Gasteiger partial charge in [-0.1, -0.05) is 6.92 Å². The number of rotatable bonds is 2. The van der Waals surface area contributed by atoms with Gasteiger partial charge in [0.15, 0.2) is 0 Å². The van der Waals surface area contributed by atoms with Gasteiger partial charge in [0.1, 0.15) is 11.6 Å². The largest absolute Gasteiger partial charge is 0.507 e. The molecule has 0 aromatic heterocycles. The number of hydrogen-bond acceptors (Lipinski definition) is 4. The van der Waals surface area contributed by atoms with E-state index in [4.69, 9.17) is 4.74 Å². The number of esters is 1. The van der Waals surface area contributed by atoms with E-state index in [1.165, 1.54) is 18.1 Å². The molecule has 0 radical (unpaired) electrons. The molecule has 2 atom stereocenters. The van der Waals surface area contributed by atoms with Crippen molar-refractivity contribution < 1.29 is 23.8 Å². The zero-order valence-corrected chi connectivity index (χ0v) is 12.2. The minimum Gasteiger partial charge on any atom is -0.507 e. The van der Waals surface area contributed by atoms with Crippen LogP contribution >= 0.6 is 0 Å². The van der Waals surface area contributed by atoms with Crippen molar-refractivity contribution in [3.05, 3.63) is 29.6 Å². The first-order chi connectivity index (χ1) is 9.79. The highest BCUT2D eigenvalue weighted by molar-refractivity contribution is 5.97. The number of halogens is 1. The van der Waals surface area contributed by atoms with E-state index in [2.05, 4.69) is 0 Å². The standard InChI is InChI=1S/C15H18FNO4/c1-9-7-17(8-15(9,2)14(20)21-3)13(19)11-5-4-10(16)6-12(11)18/h4-6,9,18H,7-8H2,1-3H3/t9-,15-/m1/s1. The highest BCUT2D eigenvalue weighted by Gasteiger charge is 2.48. The van der Waals surface area contributed by atoms with Gasteiger partial charge in [-0.2, -0.15) is 0 Å². The van der Waals surface area contributed by atoms with Crippen molar-refractivity contribution in [2.45, 2.75) is 13.8 Å². The van der Waals surface area contributed by atoms with E-state index in [9.17, 15) is 19.1 Å². The fraction of sp³-hybridized carbons (Fsp3) is 0.467. The first-order valence-electron chi connectivity index (χ1n) is 6.66. The Bertz CT molecular complexity index is 589. The number of benzene rings is 1. The Hall–Kier alpha value is -2.11. The van der Waals surface area contributed by atoms with Gasteiger partial charge >= 0.3 is 5.97 Å². The van der Waals surface area contributed by atoms with E-state index < -0.39 is 22.9 Å². The van der Waals surface area contributed by atoms with Crippen molar-refractivity contribution in [1.82, 2.24) is 4.90 Å². The molecule has 5 nitrogen and oxygen atoms in total. The lowest BCUT2D eigenvalue weighted by Crippen LogP contribution is -2.37. The van der Waals surface area contributed by atoms with Gasteiger partial charge in [0, 0.05) is 19.2 Å². The van der Waals surface area contributed by atoms with Crippen LogP contribution in [0.25, 0.3) is 0 Å². The average molecular weight is 295 g/mol. The minimum absolute atomic E-state index is 0.0257. The molecule has 1 aliphatic rings. The molecule has 1 fully saturated rings. The van der Waals surface area contributed by atoms with Gasteiger partial charge in [0.25, 0.3) is 5.91 Å². The molecular weight excluding hydrogens is 277 g/mol. The maximum absolute atomic E-state index is 13.0. The molecule has 1 heterocycles. The second-order valence-electron chi connectivity index (χ2n) is 5.66. The van der Waals surface area contributed by atoms with Crippen LogP contribution in [0.5, 0.6) is 5.75 Å². The van der Waals surface area contributed by atoms with Crippen molar-refractivity contribution in [1.29, 1.82) is 0 Å². The number of likely N-dealkylation sites (tertiary alicyclic amines) is 1. The smallest absolute Gasteiger partial charge is 0.313 e. The lowest BCUT2D eigenvalue weighted by Gasteiger charge is -2.24. The van der Waals surface area contributed by atoms with Gasteiger partial charge in [0.2, 0.25) is 0 Å². The summed E-state index contributed by atoms with van der Waals surface area (Å²) in [4.78, 5) is 25.8. The van der Waals surface area contributed by atoms with Crippen molar-refractivity contribution in [3.8, 4) is 5.75 Å². The van der Waals surface area contributed by atoms with Crippen molar-refractivity contribution in [2.24, 2.45) is 11.3 Å². The van der Waals surface area contributed by atoms with E-state index in [1.54, 1.807) is 6.92 Å². The van der Waals surface area contributed by atoms with Crippen LogP contribution < -0.4 is 0 Å². The fourth-order valence-corrected chi connectivity index (χ4v) is 2.66. The van der Waals surface area contributed by atoms with Crippen LogP contribution in [-0.2, 0) is 9.53 Å². The SMILES string of the molecule is COC(=O)[C@]1(C)CN(C(=O)c2ccc(F)cc2O)C[C@H]1C. The van der Waals surface area contributed by atoms with E-state index in [0.29, 0.717) is 6.54 Å². The van der Waals surface area contributed by atoms with E-state index in [1.807, 2.05) is 6.92 Å². The Kier molecular flexibility index (Phi) is 3.89. The topological polar surface area (TPSA) is 66.8 Å². The summed E-state index contributed by atoms with van der Waals surface area (Å²) in [5.74, 6) is -1.88. The first kappa shape index (κ1) is 15.3. The number of phenols is 1. The summed E-state index contributed by atoms with van der Waals surface area (Å²) < 4.78 is 17.8. The predicted molar refractivity (Wildman–Crippen MR) is 73.3 cm³/mol. The van der Waals surface area contributed by atoms with Crippen LogP contribution in [0.2, 0.25) is 0 Å². The molecule has 1 aliphatic heterocycles. The second-order valence-corrected chi connectivity index (χ2v) is 5.66.